The molecule has 0 aliphatic rings. The fourth-order valence-corrected chi connectivity index (χ4v) is 3.28. The van der Waals surface area contributed by atoms with Crippen LogP contribution >= 0.6 is 0 Å². The van der Waals surface area contributed by atoms with Gasteiger partial charge in [-0.2, -0.15) is 0 Å². The van der Waals surface area contributed by atoms with Crippen molar-refractivity contribution in [3.63, 3.8) is 0 Å². The van der Waals surface area contributed by atoms with Crippen LogP contribution in [0.1, 0.15) is 37.8 Å². The molecule has 0 spiro atoms. The molecule has 0 bridgehead atoms. The Hall–Kier alpha value is 0.246. The summed E-state index contributed by atoms with van der Waals surface area (Å²) in [6.07, 6.45) is 3.68. The summed E-state index contributed by atoms with van der Waals surface area (Å²) < 4.78 is 34.4. The molecule has 21 heavy (non-hydrogen) atoms. The number of hydrogen-bond acceptors (Lipinski definition) is 3. The zero-order valence-electron chi connectivity index (χ0n) is 12.8. The zero-order valence-corrected chi connectivity index (χ0v) is 16.8. The van der Waals surface area contributed by atoms with Crippen molar-refractivity contribution in [3.8, 4) is 0 Å². The molecule has 0 aliphatic heterocycles. The Morgan fingerprint density at radius 1 is 0.952 bits per heavy atom. The molecule has 2 rings (SSSR count). The van der Waals surface area contributed by atoms with Gasteiger partial charge in [-0.3, -0.25) is 0 Å². The van der Waals surface area contributed by atoms with E-state index < -0.39 is 10.1 Å². The van der Waals surface area contributed by atoms with Crippen molar-refractivity contribution in [1.82, 2.24) is 0 Å². The monoisotopic (exact) mass is 330 g/mol. The molecule has 0 unspecified atom stereocenters. The molecule has 0 aromatic heterocycles. The molecule has 0 N–H and O–H groups in total. The van der Waals surface area contributed by atoms with Gasteiger partial charge in [-0.15, -0.1) is 0 Å². The van der Waals surface area contributed by atoms with Gasteiger partial charge in [0.25, 0.3) is 0 Å². The summed E-state index contributed by atoms with van der Waals surface area (Å²) in [6.45, 7) is 4.13. The molecule has 0 radical (unpaired) electrons. The third-order valence-electron chi connectivity index (χ3n) is 3.39. The smallest absolute Gasteiger partial charge is 0.744 e. The summed E-state index contributed by atoms with van der Waals surface area (Å²) in [5, 5.41) is 1.37. The number of fused-ring (bicyclic) bond motifs is 1. The van der Waals surface area contributed by atoms with Crippen LogP contribution in [0.4, 0.5) is 0 Å². The third-order valence-corrected chi connectivity index (χ3v) is 4.26. The molecule has 0 saturated heterocycles. The molecule has 0 heterocycles. The largest absolute Gasteiger partial charge is 1.00 e. The van der Waals surface area contributed by atoms with Crippen molar-refractivity contribution < 1.29 is 64.4 Å². The van der Waals surface area contributed by atoms with Crippen LogP contribution in [0.5, 0.6) is 0 Å². The summed E-state index contributed by atoms with van der Waals surface area (Å²) in [6, 6.07) is 9.16. The van der Waals surface area contributed by atoms with Gasteiger partial charge in [0.2, 0.25) is 0 Å². The van der Waals surface area contributed by atoms with E-state index in [1.807, 2.05) is 25.1 Å². The van der Waals surface area contributed by atoms with E-state index in [9.17, 15) is 13.0 Å². The molecular weight excluding hydrogens is 311 g/mol. The van der Waals surface area contributed by atoms with Crippen molar-refractivity contribution in [3.05, 3.63) is 41.5 Å². The molecule has 3 nitrogen and oxygen atoms in total. The second kappa shape index (κ2) is 8.20. The first-order valence-corrected chi connectivity index (χ1v) is 8.38. The summed E-state index contributed by atoms with van der Waals surface area (Å²) in [5.41, 5.74) is 2.07. The van der Waals surface area contributed by atoms with Crippen LogP contribution < -0.4 is 51.4 Å². The second-order valence-electron chi connectivity index (χ2n) is 5.10. The van der Waals surface area contributed by atoms with Crippen LogP contribution in [0.15, 0.2) is 35.2 Å². The normalized spacial score (nSPS) is 11.4. The topological polar surface area (TPSA) is 57.2 Å². The minimum atomic E-state index is -4.45. The molecule has 0 atom stereocenters. The maximum atomic E-state index is 11.5. The second-order valence-corrected chi connectivity index (χ2v) is 6.45. The maximum absolute atomic E-state index is 11.5. The Morgan fingerprint density at radius 2 is 1.52 bits per heavy atom. The molecule has 0 aliphatic carbocycles. The SMILES string of the molecule is CCCc1ccc2c(S(=O)(=O)[O-])cc(CCC)cc2c1.[K+]. The zero-order chi connectivity index (χ0) is 14.8. The fraction of sp³-hybridized carbons (Fsp3) is 0.375. The number of hydrogen-bond donors (Lipinski definition) is 0. The van der Waals surface area contributed by atoms with Crippen molar-refractivity contribution in [2.75, 3.05) is 0 Å². The van der Waals surface area contributed by atoms with E-state index in [1.165, 1.54) is 11.6 Å². The predicted octanol–water partition coefficient (Wildman–Crippen LogP) is 0.653. The predicted molar refractivity (Wildman–Crippen MR) is 79.9 cm³/mol. The van der Waals surface area contributed by atoms with E-state index in [0.717, 1.165) is 36.6 Å². The third kappa shape index (κ3) is 4.86. The number of aryl methyl sites for hydroxylation is 2. The van der Waals surface area contributed by atoms with E-state index in [2.05, 4.69) is 6.92 Å². The molecular formula is C16H19KO3S. The Balaban J connectivity index is 0.00000220. The first kappa shape index (κ1) is 19.3. The average molecular weight is 330 g/mol. The molecule has 0 fully saturated rings. The van der Waals surface area contributed by atoms with Crippen LogP contribution in [0.25, 0.3) is 10.8 Å². The summed E-state index contributed by atoms with van der Waals surface area (Å²) in [5.74, 6) is 0. The van der Waals surface area contributed by atoms with Gasteiger partial charge in [-0.25, -0.2) is 8.42 Å². The van der Waals surface area contributed by atoms with Crippen molar-refractivity contribution in [2.45, 2.75) is 44.4 Å². The van der Waals surface area contributed by atoms with Gasteiger partial charge in [-0.1, -0.05) is 51.0 Å². The van der Waals surface area contributed by atoms with E-state index in [-0.39, 0.29) is 56.3 Å². The fourth-order valence-electron chi connectivity index (χ4n) is 2.53. The molecule has 2 aromatic rings. The molecule has 108 valence electrons. The van der Waals surface area contributed by atoms with Gasteiger partial charge in [-0.05, 0) is 40.8 Å². The van der Waals surface area contributed by atoms with E-state index >= 15 is 0 Å². The quantitative estimate of drug-likeness (QED) is 0.597. The van der Waals surface area contributed by atoms with Gasteiger partial charge in [0.05, 0.1) is 4.90 Å². The number of benzene rings is 2. The van der Waals surface area contributed by atoms with Gasteiger partial charge in [0.1, 0.15) is 10.1 Å². The van der Waals surface area contributed by atoms with Crippen LogP contribution in [0, 0.1) is 0 Å². The van der Waals surface area contributed by atoms with Crippen molar-refractivity contribution in [2.24, 2.45) is 0 Å². The Labute approximate surface area is 169 Å². The summed E-state index contributed by atoms with van der Waals surface area (Å²) in [4.78, 5) is -0.0958. The maximum Gasteiger partial charge on any atom is 1.00 e. The standard InChI is InChI=1S/C16H20O3S.K/c1-3-5-12-7-8-15-14(9-12)10-13(6-4-2)11-16(15)20(17,18)19;/h7-11H,3-6H2,1-2H3,(H,17,18,19);/q;+1/p-1. The minimum Gasteiger partial charge on any atom is -0.744 e. The number of rotatable bonds is 5. The Kier molecular flexibility index (Phi) is 7.53. The Morgan fingerprint density at radius 3 is 2.10 bits per heavy atom. The van der Waals surface area contributed by atoms with E-state index in [0.29, 0.717) is 5.39 Å². The van der Waals surface area contributed by atoms with Gasteiger partial charge >= 0.3 is 51.4 Å². The molecule has 0 saturated carbocycles. The van der Waals surface area contributed by atoms with E-state index in [1.54, 1.807) is 6.07 Å². The van der Waals surface area contributed by atoms with Crippen LogP contribution in [0.2, 0.25) is 0 Å². The van der Waals surface area contributed by atoms with Crippen molar-refractivity contribution in [1.29, 1.82) is 0 Å². The van der Waals surface area contributed by atoms with Crippen molar-refractivity contribution >= 4 is 20.9 Å². The van der Waals surface area contributed by atoms with Gasteiger partial charge < -0.3 is 4.55 Å². The summed E-state index contributed by atoms with van der Waals surface area (Å²) >= 11 is 0. The average Bonchev–Trinajstić information content (AvgIpc) is 2.37. The van der Waals surface area contributed by atoms with E-state index in [4.69, 9.17) is 0 Å². The first-order valence-electron chi connectivity index (χ1n) is 6.97. The Bertz CT molecular complexity index is 718. The summed E-state index contributed by atoms with van der Waals surface area (Å²) in [7, 11) is -4.45. The minimum absolute atomic E-state index is 0. The molecule has 5 heteroatoms. The van der Waals surface area contributed by atoms with Gasteiger partial charge in [0.15, 0.2) is 0 Å². The molecule has 0 amide bonds. The van der Waals surface area contributed by atoms with Crippen LogP contribution in [-0.2, 0) is 23.0 Å². The van der Waals surface area contributed by atoms with Crippen LogP contribution in [0.3, 0.4) is 0 Å². The van der Waals surface area contributed by atoms with Gasteiger partial charge in [0, 0.05) is 0 Å². The molecule has 2 aromatic carbocycles. The first-order chi connectivity index (χ1) is 9.45. The van der Waals surface area contributed by atoms with Crippen LogP contribution in [-0.4, -0.2) is 13.0 Å².